The molecule has 0 bridgehead atoms. The highest BCUT2D eigenvalue weighted by molar-refractivity contribution is 7.26. The minimum atomic E-state index is 1.08. The summed E-state index contributed by atoms with van der Waals surface area (Å²) in [6.07, 6.45) is 0. The summed E-state index contributed by atoms with van der Waals surface area (Å²) in [6, 6.07) is 46.4. The third-order valence-corrected chi connectivity index (χ3v) is 10.2. The summed E-state index contributed by atoms with van der Waals surface area (Å²) in [5.74, 6) is 0. The third kappa shape index (κ3) is 3.27. The van der Waals surface area contributed by atoms with E-state index in [0.29, 0.717) is 0 Å². The van der Waals surface area contributed by atoms with Crippen LogP contribution in [0.2, 0.25) is 0 Å². The van der Waals surface area contributed by atoms with Gasteiger partial charge >= 0.3 is 0 Å². The van der Waals surface area contributed by atoms with Gasteiger partial charge in [-0.1, -0.05) is 66.7 Å². The molecule has 188 valence electrons. The number of fused-ring (bicyclic) bond motifs is 9. The van der Waals surface area contributed by atoms with Gasteiger partial charge in [-0.25, -0.2) is 0 Å². The van der Waals surface area contributed by atoms with E-state index >= 15 is 0 Å². The molecule has 2 nitrogen and oxygen atoms in total. The minimum Gasteiger partial charge on any atom is -0.355 e. The standard InChI is InChI=1S/C36H22N2S2/c1-2-8-22(9-3-1)37-23-14-16-25-29-20-30-27-11-5-7-13-34(27)40-36(30)21-32(29)38(31(25)18-23)24-15-17-28-26-10-4-6-12-33(26)39-35(28)19-24/h1-21,37H. The Labute approximate surface area is 238 Å². The SMILES string of the molecule is c1ccc(Nc2ccc3c4cc5c(cc4n(-c4ccc6c(c4)sc4ccccc46)c3c2)sc2ccccc25)cc1. The number of nitrogens with zero attached hydrogens (tertiary/aromatic N) is 1. The van der Waals surface area contributed by atoms with Gasteiger partial charge in [0.05, 0.1) is 11.0 Å². The molecule has 0 saturated heterocycles. The van der Waals surface area contributed by atoms with Crippen LogP contribution in [-0.4, -0.2) is 4.57 Å². The number of anilines is 2. The average Bonchev–Trinajstić information content (AvgIpc) is 3.64. The van der Waals surface area contributed by atoms with Crippen molar-refractivity contribution in [1.29, 1.82) is 0 Å². The van der Waals surface area contributed by atoms with Crippen molar-refractivity contribution in [3.05, 3.63) is 127 Å². The minimum absolute atomic E-state index is 1.08. The van der Waals surface area contributed by atoms with Gasteiger partial charge in [0.2, 0.25) is 0 Å². The van der Waals surface area contributed by atoms with Crippen LogP contribution in [0.25, 0.3) is 67.8 Å². The molecular weight excluding hydrogens is 525 g/mol. The third-order valence-electron chi connectivity index (χ3n) is 7.95. The predicted molar refractivity (Wildman–Crippen MR) is 176 cm³/mol. The maximum absolute atomic E-state index is 3.61. The van der Waals surface area contributed by atoms with Crippen molar-refractivity contribution in [3.63, 3.8) is 0 Å². The first-order valence-corrected chi connectivity index (χ1v) is 15.1. The molecule has 9 rings (SSSR count). The average molecular weight is 547 g/mol. The van der Waals surface area contributed by atoms with Crippen LogP contribution in [0.15, 0.2) is 127 Å². The lowest BCUT2D eigenvalue weighted by atomic mass is 10.1. The van der Waals surface area contributed by atoms with Gasteiger partial charge in [-0.2, -0.15) is 0 Å². The summed E-state index contributed by atoms with van der Waals surface area (Å²) in [6.45, 7) is 0. The summed E-state index contributed by atoms with van der Waals surface area (Å²) in [4.78, 5) is 0. The van der Waals surface area contributed by atoms with Crippen molar-refractivity contribution in [3.8, 4) is 5.69 Å². The first-order valence-electron chi connectivity index (χ1n) is 13.4. The molecule has 6 aromatic carbocycles. The molecule has 0 aliphatic carbocycles. The lowest BCUT2D eigenvalue weighted by Gasteiger charge is -2.10. The van der Waals surface area contributed by atoms with Gasteiger partial charge in [-0.3, -0.25) is 0 Å². The van der Waals surface area contributed by atoms with Crippen molar-refractivity contribution in [1.82, 2.24) is 4.57 Å². The zero-order valence-corrected chi connectivity index (χ0v) is 23.0. The predicted octanol–water partition coefficient (Wildman–Crippen LogP) is 11.3. The number of benzene rings is 6. The lowest BCUT2D eigenvalue weighted by molar-refractivity contribution is 1.19. The van der Waals surface area contributed by atoms with Crippen LogP contribution in [0.3, 0.4) is 0 Å². The number of thiophene rings is 2. The van der Waals surface area contributed by atoms with Crippen LogP contribution in [0.5, 0.6) is 0 Å². The molecule has 0 saturated carbocycles. The summed E-state index contributed by atoms with van der Waals surface area (Å²) in [5.41, 5.74) is 5.81. The second-order valence-electron chi connectivity index (χ2n) is 10.3. The quantitative estimate of drug-likeness (QED) is 0.233. The smallest absolute Gasteiger partial charge is 0.0561 e. The van der Waals surface area contributed by atoms with Gasteiger partial charge in [-0.05, 0) is 60.7 Å². The largest absolute Gasteiger partial charge is 0.355 e. The molecule has 40 heavy (non-hydrogen) atoms. The van der Waals surface area contributed by atoms with Crippen molar-refractivity contribution in [2.24, 2.45) is 0 Å². The van der Waals surface area contributed by atoms with E-state index < -0.39 is 0 Å². The highest BCUT2D eigenvalue weighted by atomic mass is 32.1. The van der Waals surface area contributed by atoms with E-state index in [4.69, 9.17) is 0 Å². The Morgan fingerprint density at radius 1 is 0.400 bits per heavy atom. The molecule has 0 aliphatic heterocycles. The van der Waals surface area contributed by atoms with Gasteiger partial charge in [0.1, 0.15) is 0 Å². The van der Waals surface area contributed by atoms with Gasteiger partial charge in [0.25, 0.3) is 0 Å². The van der Waals surface area contributed by atoms with Crippen LogP contribution < -0.4 is 5.32 Å². The molecule has 0 spiro atoms. The summed E-state index contributed by atoms with van der Waals surface area (Å²) in [5, 5.41) is 11.5. The van der Waals surface area contributed by atoms with Gasteiger partial charge in [-0.15, -0.1) is 22.7 Å². The highest BCUT2D eigenvalue weighted by Crippen LogP contribution is 2.42. The van der Waals surface area contributed by atoms with Crippen molar-refractivity contribution >= 4 is 96.2 Å². The number of rotatable bonds is 3. The van der Waals surface area contributed by atoms with Crippen molar-refractivity contribution in [2.45, 2.75) is 0 Å². The molecule has 3 heterocycles. The van der Waals surface area contributed by atoms with E-state index in [2.05, 4.69) is 131 Å². The zero-order valence-electron chi connectivity index (χ0n) is 21.4. The van der Waals surface area contributed by atoms with Crippen LogP contribution in [0.1, 0.15) is 0 Å². The molecule has 3 aromatic heterocycles. The Hall–Kier alpha value is -4.64. The van der Waals surface area contributed by atoms with Gasteiger partial charge in [0, 0.05) is 68.2 Å². The molecule has 0 amide bonds. The Morgan fingerprint density at radius 3 is 1.82 bits per heavy atom. The van der Waals surface area contributed by atoms with E-state index in [1.54, 1.807) is 0 Å². The molecule has 0 atom stereocenters. The second kappa shape index (κ2) is 8.43. The number of nitrogens with one attached hydrogen (secondary N) is 1. The molecule has 0 aliphatic rings. The van der Waals surface area contributed by atoms with Crippen molar-refractivity contribution in [2.75, 3.05) is 5.32 Å². The highest BCUT2D eigenvalue weighted by Gasteiger charge is 2.17. The number of hydrogen-bond donors (Lipinski definition) is 1. The number of aromatic nitrogens is 1. The Balaban J connectivity index is 1.35. The first kappa shape index (κ1) is 22.2. The summed E-state index contributed by atoms with van der Waals surface area (Å²) in [7, 11) is 0. The molecule has 4 heteroatoms. The van der Waals surface area contributed by atoms with Gasteiger partial charge in [0.15, 0.2) is 0 Å². The monoisotopic (exact) mass is 546 g/mol. The fourth-order valence-corrected chi connectivity index (χ4v) is 8.39. The molecular formula is C36H22N2S2. The molecule has 0 unspecified atom stereocenters. The van der Waals surface area contributed by atoms with Gasteiger partial charge < -0.3 is 9.88 Å². The second-order valence-corrected chi connectivity index (χ2v) is 12.5. The van der Waals surface area contributed by atoms with E-state index in [0.717, 1.165) is 11.4 Å². The fraction of sp³-hybridized carbons (Fsp3) is 0. The number of hydrogen-bond acceptors (Lipinski definition) is 3. The van der Waals surface area contributed by atoms with E-state index in [1.165, 1.54) is 67.8 Å². The topological polar surface area (TPSA) is 17.0 Å². The maximum atomic E-state index is 3.61. The van der Waals surface area contributed by atoms with E-state index in [9.17, 15) is 0 Å². The van der Waals surface area contributed by atoms with Crippen LogP contribution in [0, 0.1) is 0 Å². The zero-order chi connectivity index (χ0) is 26.2. The lowest BCUT2D eigenvalue weighted by Crippen LogP contribution is -1.95. The summed E-state index contributed by atoms with van der Waals surface area (Å²) >= 11 is 3.75. The fourth-order valence-electron chi connectivity index (χ4n) is 6.13. The molecule has 0 radical (unpaired) electrons. The first-order chi connectivity index (χ1) is 19.8. The maximum Gasteiger partial charge on any atom is 0.0561 e. The Morgan fingerprint density at radius 2 is 1.02 bits per heavy atom. The van der Waals surface area contributed by atoms with Crippen LogP contribution >= 0.6 is 22.7 Å². The molecule has 1 N–H and O–H groups in total. The van der Waals surface area contributed by atoms with Crippen LogP contribution in [0.4, 0.5) is 11.4 Å². The van der Waals surface area contributed by atoms with E-state index in [1.807, 2.05) is 28.7 Å². The summed E-state index contributed by atoms with van der Waals surface area (Å²) < 4.78 is 7.76. The molecule has 0 fully saturated rings. The Kier molecular flexibility index (Phi) is 4.68. The normalized spacial score (nSPS) is 12.0. The number of para-hydroxylation sites is 1. The Bertz CT molecular complexity index is 2410. The van der Waals surface area contributed by atoms with Crippen LogP contribution in [-0.2, 0) is 0 Å². The van der Waals surface area contributed by atoms with Crippen molar-refractivity contribution < 1.29 is 0 Å². The molecule has 9 aromatic rings. The van der Waals surface area contributed by atoms with E-state index in [-0.39, 0.29) is 0 Å².